The summed E-state index contributed by atoms with van der Waals surface area (Å²) in [6.07, 6.45) is 6.02. The summed E-state index contributed by atoms with van der Waals surface area (Å²) in [5, 5.41) is 22.0. The second kappa shape index (κ2) is 9.05. The number of nitrogens with zero attached hydrogens (tertiary/aromatic N) is 1. The van der Waals surface area contributed by atoms with Crippen LogP contribution >= 0.6 is 11.6 Å². The Balaban J connectivity index is 1.61. The molecule has 1 heterocycles. The maximum absolute atomic E-state index is 13.3. The zero-order valence-electron chi connectivity index (χ0n) is 15.6. The van der Waals surface area contributed by atoms with Gasteiger partial charge in [-0.2, -0.15) is 0 Å². The van der Waals surface area contributed by atoms with E-state index in [2.05, 4.69) is 4.90 Å². The Kier molecular flexibility index (Phi) is 6.98. The van der Waals surface area contributed by atoms with Gasteiger partial charge < -0.3 is 19.7 Å². The molecular formula is C20H29ClFNO4. The molecule has 0 spiro atoms. The quantitative estimate of drug-likeness (QED) is 0.743. The van der Waals surface area contributed by atoms with Crippen molar-refractivity contribution in [3.05, 3.63) is 29.0 Å². The van der Waals surface area contributed by atoms with Gasteiger partial charge in [0.05, 0.1) is 23.8 Å². The minimum atomic E-state index is -1.21. The topological polar surface area (TPSA) is 62.2 Å². The lowest BCUT2D eigenvalue weighted by molar-refractivity contribution is -0.0733. The molecule has 1 aromatic carbocycles. The first-order valence-electron chi connectivity index (χ1n) is 9.70. The van der Waals surface area contributed by atoms with E-state index in [9.17, 15) is 14.6 Å². The Morgan fingerprint density at radius 1 is 1.15 bits per heavy atom. The van der Waals surface area contributed by atoms with Gasteiger partial charge >= 0.3 is 0 Å². The average Bonchev–Trinajstić information content (AvgIpc) is 2.94. The Hall–Kier alpha value is -0.920. The highest BCUT2D eigenvalue weighted by molar-refractivity contribution is 6.30. The molecule has 0 bridgehead atoms. The van der Waals surface area contributed by atoms with Crippen LogP contribution in [0.4, 0.5) is 4.39 Å². The van der Waals surface area contributed by atoms with Crippen molar-refractivity contribution >= 4 is 11.6 Å². The van der Waals surface area contributed by atoms with Crippen LogP contribution in [0.2, 0.25) is 5.02 Å². The molecule has 2 aliphatic rings. The molecule has 0 unspecified atom stereocenters. The smallest absolute Gasteiger partial charge is 0.142 e. The Morgan fingerprint density at radius 3 is 2.59 bits per heavy atom. The van der Waals surface area contributed by atoms with Crippen LogP contribution in [0.25, 0.3) is 0 Å². The van der Waals surface area contributed by atoms with Crippen LogP contribution in [0.15, 0.2) is 18.2 Å². The number of benzene rings is 1. The van der Waals surface area contributed by atoms with Crippen molar-refractivity contribution < 1.29 is 24.1 Å². The van der Waals surface area contributed by atoms with E-state index in [0.717, 1.165) is 25.7 Å². The van der Waals surface area contributed by atoms with E-state index in [4.69, 9.17) is 21.1 Å². The van der Waals surface area contributed by atoms with Crippen molar-refractivity contribution in [1.82, 2.24) is 4.90 Å². The van der Waals surface area contributed by atoms with Gasteiger partial charge in [-0.25, -0.2) is 4.39 Å². The van der Waals surface area contributed by atoms with Crippen molar-refractivity contribution in [2.24, 2.45) is 0 Å². The first-order chi connectivity index (χ1) is 12.9. The fourth-order valence-electron chi connectivity index (χ4n) is 3.96. The van der Waals surface area contributed by atoms with Gasteiger partial charge in [0, 0.05) is 25.7 Å². The Labute approximate surface area is 165 Å². The minimum absolute atomic E-state index is 0.00386. The van der Waals surface area contributed by atoms with Crippen LogP contribution in [0.3, 0.4) is 0 Å². The number of hydrogen-bond acceptors (Lipinski definition) is 5. The zero-order valence-corrected chi connectivity index (χ0v) is 16.4. The molecule has 0 radical (unpaired) electrons. The molecule has 2 fully saturated rings. The third kappa shape index (κ3) is 6.03. The van der Waals surface area contributed by atoms with E-state index in [1.807, 2.05) is 0 Å². The summed E-state index contributed by atoms with van der Waals surface area (Å²) in [6.45, 7) is 2.19. The van der Waals surface area contributed by atoms with Crippen molar-refractivity contribution in [3.63, 3.8) is 0 Å². The van der Waals surface area contributed by atoms with E-state index in [1.54, 1.807) is 0 Å². The summed E-state index contributed by atoms with van der Waals surface area (Å²) in [4.78, 5) is 2.07. The van der Waals surface area contributed by atoms with Crippen molar-refractivity contribution in [2.45, 2.75) is 49.7 Å². The molecule has 1 aliphatic carbocycles. The molecule has 1 aliphatic heterocycles. The molecule has 3 rings (SSSR count). The van der Waals surface area contributed by atoms with Crippen molar-refractivity contribution in [1.29, 1.82) is 0 Å². The molecule has 27 heavy (non-hydrogen) atoms. The molecule has 1 saturated heterocycles. The van der Waals surface area contributed by atoms with E-state index >= 15 is 0 Å². The normalized spacial score (nSPS) is 27.0. The van der Waals surface area contributed by atoms with Gasteiger partial charge in [0.25, 0.3) is 0 Å². The van der Waals surface area contributed by atoms with Crippen molar-refractivity contribution in [2.75, 3.05) is 39.5 Å². The van der Waals surface area contributed by atoms with Gasteiger partial charge in [-0.15, -0.1) is 0 Å². The number of hydrogen-bond donors (Lipinski definition) is 2. The second-order valence-corrected chi connectivity index (χ2v) is 8.40. The van der Waals surface area contributed by atoms with E-state index in [-0.39, 0.29) is 18.2 Å². The lowest BCUT2D eigenvalue weighted by Gasteiger charge is -2.36. The summed E-state index contributed by atoms with van der Waals surface area (Å²) in [5.74, 6) is -0.114. The summed E-state index contributed by atoms with van der Waals surface area (Å²) in [7, 11) is 0. The molecule has 1 atom stereocenters. The molecule has 7 heteroatoms. The predicted molar refractivity (Wildman–Crippen MR) is 102 cm³/mol. The second-order valence-electron chi connectivity index (χ2n) is 7.99. The molecule has 0 aromatic heterocycles. The van der Waals surface area contributed by atoms with Crippen LogP contribution in [-0.2, 0) is 4.74 Å². The molecule has 1 saturated carbocycles. The summed E-state index contributed by atoms with van der Waals surface area (Å²) in [6, 6.07) is 4.11. The largest absolute Gasteiger partial charge is 0.490 e. The first-order valence-corrected chi connectivity index (χ1v) is 10.1. The van der Waals surface area contributed by atoms with Crippen LogP contribution in [0.1, 0.15) is 38.5 Å². The number of aliphatic hydroxyl groups is 2. The molecule has 1 aromatic rings. The number of ether oxygens (including phenoxy) is 2. The van der Waals surface area contributed by atoms with Gasteiger partial charge in [0.15, 0.2) is 0 Å². The van der Waals surface area contributed by atoms with Gasteiger partial charge in [0.2, 0.25) is 0 Å². The molecule has 2 N–H and O–H groups in total. The number of β-amino-alcohol motifs (C(OH)–C–C–N with tert-alkyl or cyclic N) is 2. The lowest BCUT2D eigenvalue weighted by Crippen LogP contribution is -2.52. The van der Waals surface area contributed by atoms with Gasteiger partial charge in [-0.3, -0.25) is 4.90 Å². The van der Waals surface area contributed by atoms with E-state index in [0.29, 0.717) is 32.0 Å². The standard InChI is InChI=1S/C20H29ClFNO4/c21-17-11-16(5-6-18(17)22)27-15-20(25)13-23(9-10-26-14-20)12-19(24)7-3-1-2-4-8-19/h5-6,11,24-25H,1-4,7-10,12-15H2/t20-/m1/s1. The summed E-state index contributed by atoms with van der Waals surface area (Å²) < 4.78 is 24.5. The van der Waals surface area contributed by atoms with Crippen LogP contribution in [-0.4, -0.2) is 65.8 Å². The number of rotatable bonds is 5. The highest BCUT2D eigenvalue weighted by Gasteiger charge is 2.37. The van der Waals surface area contributed by atoms with Crippen LogP contribution in [0, 0.1) is 5.82 Å². The molecule has 0 amide bonds. The fourth-order valence-corrected chi connectivity index (χ4v) is 4.13. The molecule has 5 nitrogen and oxygen atoms in total. The predicted octanol–water partition coefficient (Wildman–Crippen LogP) is 3.01. The Morgan fingerprint density at radius 2 is 1.89 bits per heavy atom. The third-order valence-electron chi connectivity index (χ3n) is 5.39. The van der Waals surface area contributed by atoms with Crippen molar-refractivity contribution in [3.8, 4) is 5.75 Å². The highest BCUT2D eigenvalue weighted by atomic mass is 35.5. The van der Waals surface area contributed by atoms with Gasteiger partial charge in [-0.1, -0.05) is 37.3 Å². The maximum atomic E-state index is 13.3. The van der Waals surface area contributed by atoms with Crippen LogP contribution in [0.5, 0.6) is 5.75 Å². The highest BCUT2D eigenvalue weighted by Crippen LogP contribution is 2.29. The van der Waals surface area contributed by atoms with Crippen LogP contribution < -0.4 is 4.74 Å². The molecule has 152 valence electrons. The third-order valence-corrected chi connectivity index (χ3v) is 5.68. The SMILES string of the molecule is OC1(CN2CCOC[C@@](O)(COc3ccc(F)c(Cl)c3)C2)CCCCCC1. The summed E-state index contributed by atoms with van der Waals surface area (Å²) >= 11 is 5.78. The Bertz CT molecular complexity index is 624. The van der Waals surface area contributed by atoms with Gasteiger partial charge in [0.1, 0.15) is 23.8 Å². The van der Waals surface area contributed by atoms with E-state index < -0.39 is 17.0 Å². The lowest BCUT2D eigenvalue weighted by atomic mass is 9.93. The average molecular weight is 402 g/mol. The monoisotopic (exact) mass is 401 g/mol. The summed E-state index contributed by atoms with van der Waals surface area (Å²) in [5.41, 5.74) is -1.91. The zero-order chi connectivity index (χ0) is 19.3. The van der Waals surface area contributed by atoms with E-state index in [1.165, 1.54) is 31.0 Å². The number of halogens is 2. The van der Waals surface area contributed by atoms with Gasteiger partial charge in [-0.05, 0) is 25.0 Å². The molecular weight excluding hydrogens is 373 g/mol. The fraction of sp³-hybridized carbons (Fsp3) is 0.700. The maximum Gasteiger partial charge on any atom is 0.142 e. The first kappa shape index (κ1) is 20.8. The minimum Gasteiger partial charge on any atom is -0.490 e.